The molecule has 3 saturated heterocycles. The Kier molecular flexibility index (Phi) is 38.5. The molecule has 3 aliphatic heterocycles. The summed E-state index contributed by atoms with van der Waals surface area (Å²) in [5.74, 6) is -19.9. The molecule has 3 aromatic carbocycles. The molecule has 0 bridgehead atoms. The molecule has 6 aromatic rings. The molecule has 3 aliphatic rings. The number of likely N-dealkylation sites (N-methyl/N-ethyl adjacent to an activating group) is 3. The Hall–Kier alpha value is -13.5. The van der Waals surface area contributed by atoms with Gasteiger partial charge < -0.3 is 125 Å². The monoisotopic (exact) mass is 1890 g/mol. The molecule has 18 amide bonds. The number of nitrogens with one attached hydrogen (secondary N) is 13. The number of nitrogens with two attached hydrogens (primary N) is 3. The number of nitrogens with zero attached hydrogens (tertiary/aromatic N) is 6. The van der Waals surface area contributed by atoms with Crippen LogP contribution in [0.5, 0.6) is 5.75 Å². The van der Waals surface area contributed by atoms with E-state index in [4.69, 9.17) is 17.2 Å². The van der Waals surface area contributed by atoms with Crippen LogP contribution in [0.25, 0.3) is 21.8 Å². The van der Waals surface area contributed by atoms with Crippen LogP contribution in [0.2, 0.25) is 0 Å². The van der Waals surface area contributed by atoms with Crippen molar-refractivity contribution >= 4 is 140 Å². The van der Waals surface area contributed by atoms with Crippen LogP contribution in [0.15, 0.2) is 97.7 Å². The fourth-order valence-corrected chi connectivity index (χ4v) is 17.7. The van der Waals surface area contributed by atoms with Gasteiger partial charge in [-0.15, -0.1) is 11.8 Å². The molecule has 22 N–H and O–H groups in total. The van der Waals surface area contributed by atoms with E-state index in [0.29, 0.717) is 64.2 Å². The minimum absolute atomic E-state index is 0.000398. The zero-order valence-electron chi connectivity index (χ0n) is 77.1. The number of amides is 18. The van der Waals surface area contributed by atoms with Crippen LogP contribution in [0, 0.1) is 5.92 Å². The van der Waals surface area contributed by atoms with Gasteiger partial charge in [0.05, 0.1) is 43.5 Å². The predicted molar refractivity (Wildman–Crippen MR) is 494 cm³/mol. The van der Waals surface area contributed by atoms with E-state index in [1.165, 1.54) is 69.8 Å². The van der Waals surface area contributed by atoms with E-state index in [1.807, 2.05) is 13.8 Å². The van der Waals surface area contributed by atoms with Gasteiger partial charge in [-0.25, -0.2) is 4.98 Å². The number of aliphatic hydroxyl groups is 2. The van der Waals surface area contributed by atoms with Gasteiger partial charge in [0.2, 0.25) is 106 Å². The lowest BCUT2D eigenvalue weighted by atomic mass is 9.91. The van der Waals surface area contributed by atoms with Crippen molar-refractivity contribution in [2.75, 3.05) is 58.9 Å². The van der Waals surface area contributed by atoms with E-state index in [0.717, 1.165) is 31.4 Å². The number of benzene rings is 3. The van der Waals surface area contributed by atoms with Crippen molar-refractivity contribution in [2.24, 2.45) is 23.1 Å². The lowest BCUT2D eigenvalue weighted by Gasteiger charge is -2.36. The lowest BCUT2D eigenvalue weighted by molar-refractivity contribution is -0.149. The lowest BCUT2D eigenvalue weighted by Crippen LogP contribution is -2.62. The zero-order valence-corrected chi connectivity index (χ0v) is 77.9. The fourth-order valence-electron chi connectivity index (χ4n) is 16.8. The van der Waals surface area contributed by atoms with Crippen molar-refractivity contribution in [1.82, 2.24) is 97.6 Å². The van der Waals surface area contributed by atoms with E-state index in [1.54, 1.807) is 81.7 Å². The number of H-pyrrole nitrogens is 3. The van der Waals surface area contributed by atoms with Crippen LogP contribution in [0.1, 0.15) is 153 Å². The molecular weight excluding hydrogens is 1770 g/mol. The Balaban J connectivity index is 1.11. The molecule has 0 saturated carbocycles. The number of para-hydroxylation sites is 2. The molecule has 0 radical (unpaired) electrons. The van der Waals surface area contributed by atoms with Gasteiger partial charge in [-0.1, -0.05) is 109 Å². The number of rotatable bonds is 25. The van der Waals surface area contributed by atoms with Gasteiger partial charge in [-0.3, -0.25) is 86.3 Å². The topological polar surface area (TPSA) is 643 Å². The smallest absolute Gasteiger partial charge is 0.246 e. The van der Waals surface area contributed by atoms with Gasteiger partial charge in [0.15, 0.2) is 0 Å². The van der Waals surface area contributed by atoms with E-state index in [-0.39, 0.29) is 68.9 Å². The number of phenols is 1. The molecule has 135 heavy (non-hydrogen) atoms. The number of unbranched alkanes of at least 4 members (excludes halogenated alkanes) is 2. The van der Waals surface area contributed by atoms with Crippen molar-refractivity contribution in [1.29, 1.82) is 0 Å². The Labute approximate surface area is 784 Å². The molecule has 732 valence electrons. The van der Waals surface area contributed by atoms with Gasteiger partial charge in [0.1, 0.15) is 90.3 Å². The number of phenolic OH excluding ortho intramolecular Hbond substituents is 1. The Morgan fingerprint density at radius 3 is 1.78 bits per heavy atom. The molecule has 3 fully saturated rings. The van der Waals surface area contributed by atoms with Crippen LogP contribution in [-0.4, -0.2) is 316 Å². The second-order valence-corrected chi connectivity index (χ2v) is 36.0. The van der Waals surface area contributed by atoms with Crippen LogP contribution >= 0.6 is 11.8 Å². The molecule has 44 heteroatoms. The minimum Gasteiger partial charge on any atom is -0.508 e. The van der Waals surface area contributed by atoms with Gasteiger partial charge in [0.25, 0.3) is 0 Å². The fraction of sp³-hybridized carbons (Fsp3) is 0.527. The largest absolute Gasteiger partial charge is 0.508 e. The minimum atomic E-state index is -1.93. The standard InChI is InChI=1S/C91H126N22O21S/c1-10-12-23-69-83(126)102-62(33-48(3)4)80(123)107-68(79(122)98-42-75(94)119)45-135-46-76(120)100-64(34-51-26-28-54(115)29-27-51)87(130)109(7)50(6)78(121)104-66(38-74(93)118)90(133)112-32-18-25-70(112)84(127)103-63(36-53-40-95-47-99-53)81(124)101-61(30-31-73(92)117)89(132)113-43-55(116)37-72(113)85(128)108-77(49(5)58-41-97-60-22-17-15-20-57(58)60)86(129)106-67(44-114)82(125)105-65(35-52-39-96-59-21-16-14-19-56(52)59)88(131)111(9)71(24-13-11-2)91(134)110(69)8/h14-17,19-22,26-29,39-41,47-50,55,61-72,77,96-97,114-116H,10-13,18,23-25,30-38,42-46H2,1-9H3,(H2,92,117)(H2,93,118)(H2,94,119)(H,95,99)(H,98,122)(H,100,120)(H,101,124)(H,102,126)(H,103,127)(H,104,121)(H,105,125)(H,106,129)(H,107,123)(H,108,128)/t49-,50-,55+,61-,62-,63-,64-,65-,66-,67-,68-,69-,70-,71-,72-,77-/m0/s1. The second kappa shape index (κ2) is 49.5. The SMILES string of the molecule is CCCC[C@H]1C(=O)N(C)[C@@H](CCCC)C(=O)N[C@@H](CC(C)C)C(=O)N[C@H](C(=O)NCC(N)=O)CSCC(=O)N[C@@H](Cc2ccc(O)cc2)C(=O)N(C)[C@@H](C)C(=O)N[C@@H](CC(N)=O)C(=O)N2CCC[C@H]2C(=O)N[C@@H](Cc2c[nH]cn2)C(=O)N[C@@H](CCC(N)=O)C(=O)N2C[C@H](O)C[C@H]2C(=O)N[C@@H]([C@@H](C)c2c[nH]c3ccccc23)C(=O)N[C@@H](CO)C(=O)N[C@@H](Cc2c[nH]c3ccccc23)C(=O)N1C. The summed E-state index contributed by atoms with van der Waals surface area (Å²) in [7, 11) is 3.92. The summed E-state index contributed by atoms with van der Waals surface area (Å²) >= 11 is 0.784. The average Bonchev–Trinajstić information content (AvgIpc) is 1.69. The summed E-state index contributed by atoms with van der Waals surface area (Å²) in [6, 6.07) is -2.83. The summed E-state index contributed by atoms with van der Waals surface area (Å²) in [4.78, 5) is 282. The van der Waals surface area contributed by atoms with E-state index < -0.39 is 266 Å². The van der Waals surface area contributed by atoms with Gasteiger partial charge in [-0.05, 0) is 92.3 Å². The van der Waals surface area contributed by atoms with Gasteiger partial charge in [0, 0.05) is 118 Å². The Morgan fingerprint density at radius 1 is 0.556 bits per heavy atom. The zero-order chi connectivity index (χ0) is 98.8. The van der Waals surface area contributed by atoms with Crippen LogP contribution in [0.3, 0.4) is 0 Å². The maximum atomic E-state index is 15.8. The van der Waals surface area contributed by atoms with Crippen LogP contribution in [0.4, 0.5) is 0 Å². The van der Waals surface area contributed by atoms with E-state index in [9.17, 15) is 63.3 Å². The maximum absolute atomic E-state index is 15.8. The average molecular weight is 1900 g/mol. The first-order chi connectivity index (χ1) is 64.2. The third-order valence-electron chi connectivity index (χ3n) is 24.5. The van der Waals surface area contributed by atoms with Crippen molar-refractivity contribution < 1.29 is 102 Å². The van der Waals surface area contributed by atoms with Crippen LogP contribution < -0.4 is 70.4 Å². The Bertz CT molecular complexity index is 5240. The van der Waals surface area contributed by atoms with Crippen LogP contribution in [-0.2, 0) is 106 Å². The third-order valence-corrected chi connectivity index (χ3v) is 25.5. The third kappa shape index (κ3) is 28.5. The van der Waals surface area contributed by atoms with Crippen molar-refractivity contribution in [3.8, 4) is 5.75 Å². The second-order valence-electron chi connectivity index (χ2n) is 34.9. The molecule has 3 aromatic heterocycles. The van der Waals surface area contributed by atoms with Crippen molar-refractivity contribution in [3.05, 3.63) is 120 Å². The summed E-state index contributed by atoms with van der Waals surface area (Å²) in [6.45, 7) is 7.48. The van der Waals surface area contributed by atoms with Crippen molar-refractivity contribution in [2.45, 2.75) is 241 Å². The number of fused-ring (bicyclic) bond motifs is 4. The highest BCUT2D eigenvalue weighted by Gasteiger charge is 2.47. The number of primary amides is 3. The first kappa shape index (κ1) is 105. The number of aromatic nitrogens is 4. The normalized spacial score (nSPS) is 25.0. The molecular formula is C91H126N22O21S. The summed E-state index contributed by atoms with van der Waals surface area (Å²) in [6.07, 6.45) is 2.76. The number of hydrogen-bond acceptors (Lipinski definition) is 23. The van der Waals surface area contributed by atoms with Crippen molar-refractivity contribution in [3.63, 3.8) is 0 Å². The number of aromatic amines is 3. The number of thioether (sulfide) groups is 1. The molecule has 16 atom stereocenters. The summed E-state index contributed by atoms with van der Waals surface area (Å²) in [5, 5.41) is 60.5. The molecule has 0 unspecified atom stereocenters. The Morgan fingerprint density at radius 2 is 1.13 bits per heavy atom. The summed E-state index contributed by atoms with van der Waals surface area (Å²) < 4.78 is 0. The number of imidazole rings is 1. The number of carbonyl (C=O) groups is 18. The molecule has 43 nitrogen and oxygen atoms in total. The highest BCUT2D eigenvalue weighted by molar-refractivity contribution is 8.00. The van der Waals surface area contributed by atoms with Gasteiger partial charge in [-0.2, -0.15) is 0 Å². The molecule has 0 spiro atoms. The predicted octanol–water partition coefficient (Wildman–Crippen LogP) is -2.37. The number of aromatic hydroxyl groups is 1. The van der Waals surface area contributed by atoms with Gasteiger partial charge >= 0.3 is 0 Å². The first-order valence-corrected chi connectivity index (χ1v) is 46.4. The number of carbonyl (C=O) groups excluding carboxylic acids is 18. The summed E-state index contributed by atoms with van der Waals surface area (Å²) in [5.41, 5.74) is 19.6. The maximum Gasteiger partial charge on any atom is 0.246 e. The molecule has 6 heterocycles. The quantitative estimate of drug-likeness (QED) is 0.0285. The van der Waals surface area contributed by atoms with E-state index in [2.05, 4.69) is 73.1 Å². The first-order valence-electron chi connectivity index (χ1n) is 45.2. The number of hydrogen-bond donors (Lipinski definition) is 19. The molecule has 0 aliphatic carbocycles. The highest BCUT2D eigenvalue weighted by Crippen LogP contribution is 2.31. The highest BCUT2D eigenvalue weighted by atomic mass is 32.2. The van der Waals surface area contributed by atoms with E-state index >= 15 is 38.4 Å². The molecule has 9 rings (SSSR count). The number of aliphatic hydroxyl groups excluding tert-OH is 2.